The molecule has 2 aromatic rings. The zero-order chi connectivity index (χ0) is 16.1. The molecule has 1 heterocycles. The van der Waals surface area contributed by atoms with Crippen molar-refractivity contribution in [2.24, 2.45) is 0 Å². The van der Waals surface area contributed by atoms with Crippen LogP contribution in [-0.2, 0) is 0 Å². The van der Waals surface area contributed by atoms with Gasteiger partial charge in [0.2, 0.25) is 0 Å². The third-order valence-corrected chi connectivity index (χ3v) is 4.13. The van der Waals surface area contributed by atoms with Crippen LogP contribution in [0.25, 0.3) is 16.0 Å². The second kappa shape index (κ2) is 6.54. The summed E-state index contributed by atoms with van der Waals surface area (Å²) in [4.78, 5) is 7.27. The molecule has 0 aliphatic heterocycles. The van der Waals surface area contributed by atoms with E-state index in [9.17, 15) is 0 Å². The Kier molecular flexibility index (Phi) is 4.53. The summed E-state index contributed by atoms with van der Waals surface area (Å²) in [5, 5.41) is 27.8. The van der Waals surface area contributed by atoms with Gasteiger partial charge in [0.05, 0.1) is 10.5 Å². The Morgan fingerprint density at radius 3 is 2.14 bits per heavy atom. The van der Waals surface area contributed by atoms with Gasteiger partial charge in [0.1, 0.15) is 23.8 Å². The molecule has 0 aliphatic rings. The highest BCUT2D eigenvalue weighted by molar-refractivity contribution is 7.18. The van der Waals surface area contributed by atoms with E-state index in [1.165, 1.54) is 0 Å². The Hall–Kier alpha value is -3.14. The summed E-state index contributed by atoms with van der Waals surface area (Å²) < 4.78 is 0. The highest BCUT2D eigenvalue weighted by Gasteiger charge is 2.10. The maximum Gasteiger partial charge on any atom is 0.185 e. The predicted molar refractivity (Wildman–Crippen MR) is 85.6 cm³/mol. The van der Waals surface area contributed by atoms with Gasteiger partial charge < -0.3 is 4.90 Å². The first-order valence-corrected chi connectivity index (χ1v) is 7.11. The molecule has 0 bridgehead atoms. The van der Waals surface area contributed by atoms with Gasteiger partial charge in [-0.2, -0.15) is 15.8 Å². The zero-order valence-corrected chi connectivity index (χ0v) is 12.8. The first-order chi connectivity index (χ1) is 10.6. The lowest BCUT2D eigenvalue weighted by atomic mass is 10.0. The van der Waals surface area contributed by atoms with Crippen molar-refractivity contribution in [1.82, 2.24) is 4.98 Å². The van der Waals surface area contributed by atoms with Gasteiger partial charge in [-0.3, -0.25) is 0 Å². The maximum absolute atomic E-state index is 9.14. The fourth-order valence-corrected chi connectivity index (χ4v) is 2.65. The molecule has 6 heteroatoms. The van der Waals surface area contributed by atoms with Gasteiger partial charge in [-0.15, -0.1) is 0 Å². The number of rotatable bonds is 3. The van der Waals surface area contributed by atoms with E-state index in [1.54, 1.807) is 41.8 Å². The molecule has 0 radical (unpaired) electrons. The number of allylic oxidation sites excluding steroid dienone is 2. The topological polar surface area (TPSA) is 87.5 Å². The van der Waals surface area contributed by atoms with E-state index < -0.39 is 0 Å². The largest absolute Gasteiger partial charge is 0.354 e. The quantitative estimate of drug-likeness (QED) is 0.812. The lowest BCUT2D eigenvalue weighted by molar-refractivity contribution is 1.11. The fourth-order valence-electron chi connectivity index (χ4n) is 1.81. The number of hydrogen-bond acceptors (Lipinski definition) is 6. The molecule has 0 spiro atoms. The smallest absolute Gasteiger partial charge is 0.185 e. The fraction of sp³-hybridized carbons (Fsp3) is 0.125. The van der Waals surface area contributed by atoms with E-state index in [4.69, 9.17) is 15.8 Å². The highest BCUT2D eigenvalue weighted by Crippen LogP contribution is 2.31. The molecule has 1 aromatic heterocycles. The molecule has 0 fully saturated rings. The van der Waals surface area contributed by atoms with Gasteiger partial charge in [0.15, 0.2) is 5.13 Å². The number of nitrogens with zero attached hydrogens (tertiary/aromatic N) is 5. The van der Waals surface area contributed by atoms with Gasteiger partial charge in [-0.1, -0.05) is 35.6 Å². The summed E-state index contributed by atoms with van der Waals surface area (Å²) in [5.41, 5.74) is 1.45. The van der Waals surface area contributed by atoms with Gasteiger partial charge in [0, 0.05) is 20.3 Å². The Balaban J connectivity index is 2.39. The van der Waals surface area contributed by atoms with Crippen LogP contribution in [0, 0.1) is 34.0 Å². The van der Waals surface area contributed by atoms with Crippen molar-refractivity contribution < 1.29 is 0 Å². The molecule has 5 nitrogen and oxygen atoms in total. The number of benzene rings is 1. The molecule has 0 saturated carbocycles. The summed E-state index contributed by atoms with van der Waals surface area (Å²) in [6, 6.07) is 12.6. The van der Waals surface area contributed by atoms with Crippen molar-refractivity contribution in [1.29, 1.82) is 15.8 Å². The molecule has 0 aliphatic carbocycles. The predicted octanol–water partition coefficient (Wildman–Crippen LogP) is 3.20. The van der Waals surface area contributed by atoms with Crippen LogP contribution in [-0.4, -0.2) is 19.1 Å². The number of nitriles is 3. The summed E-state index contributed by atoms with van der Waals surface area (Å²) in [5.74, 6) is 0. The average Bonchev–Trinajstić information content (AvgIpc) is 3.03. The Bertz CT molecular complexity index is 822. The van der Waals surface area contributed by atoms with Crippen molar-refractivity contribution >= 4 is 22.0 Å². The third kappa shape index (κ3) is 2.96. The van der Waals surface area contributed by atoms with Crippen LogP contribution in [0.1, 0.15) is 5.56 Å². The van der Waals surface area contributed by atoms with Crippen molar-refractivity contribution in [3.05, 3.63) is 41.6 Å². The number of aromatic nitrogens is 1. The molecular weight excluding hydrogens is 294 g/mol. The maximum atomic E-state index is 9.14. The lowest BCUT2D eigenvalue weighted by Crippen LogP contribution is -2.07. The molecule has 106 valence electrons. The van der Waals surface area contributed by atoms with E-state index >= 15 is 0 Å². The van der Waals surface area contributed by atoms with E-state index in [-0.39, 0.29) is 11.1 Å². The lowest BCUT2D eigenvalue weighted by Gasteiger charge is -2.05. The summed E-state index contributed by atoms with van der Waals surface area (Å²) in [6.07, 6.45) is 1.80. The molecular formula is C16H11N5S. The van der Waals surface area contributed by atoms with Crippen molar-refractivity contribution in [3.63, 3.8) is 0 Å². The molecule has 0 amide bonds. The van der Waals surface area contributed by atoms with Crippen LogP contribution in [0.3, 0.4) is 0 Å². The minimum absolute atomic E-state index is 0.0924. The van der Waals surface area contributed by atoms with E-state index in [0.29, 0.717) is 5.56 Å². The molecule has 1 aromatic carbocycles. The van der Waals surface area contributed by atoms with E-state index in [2.05, 4.69) is 4.98 Å². The second-order valence-corrected chi connectivity index (χ2v) is 5.57. The summed E-state index contributed by atoms with van der Waals surface area (Å²) in [7, 11) is 3.86. The van der Waals surface area contributed by atoms with Gasteiger partial charge in [0.25, 0.3) is 0 Å². The molecule has 0 N–H and O–H groups in total. The van der Waals surface area contributed by atoms with Crippen LogP contribution in [0.4, 0.5) is 5.13 Å². The van der Waals surface area contributed by atoms with Crippen LogP contribution >= 0.6 is 11.3 Å². The van der Waals surface area contributed by atoms with Crippen LogP contribution in [0.2, 0.25) is 0 Å². The van der Waals surface area contributed by atoms with Gasteiger partial charge in [-0.25, -0.2) is 4.98 Å². The first kappa shape index (κ1) is 15.3. The number of hydrogen-bond donors (Lipinski definition) is 0. The van der Waals surface area contributed by atoms with Crippen LogP contribution < -0.4 is 4.90 Å². The Labute approximate surface area is 132 Å². The average molecular weight is 305 g/mol. The van der Waals surface area contributed by atoms with Crippen molar-refractivity contribution in [3.8, 4) is 28.6 Å². The molecule has 0 saturated heterocycles. The standard InChI is InChI=1S/C16H11N5S/c1-21(2)16-20-10-15(22-16)12-5-3-11(4-6-12)14(9-19)13(7-17)8-18/h3-6,10H,1-2H3. The molecule has 2 rings (SSSR count). The third-order valence-electron chi connectivity index (χ3n) is 2.92. The second-order valence-electron chi connectivity index (χ2n) is 4.56. The first-order valence-electron chi connectivity index (χ1n) is 6.29. The van der Waals surface area contributed by atoms with Gasteiger partial charge in [-0.05, 0) is 11.1 Å². The molecule has 22 heavy (non-hydrogen) atoms. The highest BCUT2D eigenvalue weighted by atomic mass is 32.1. The summed E-state index contributed by atoms with van der Waals surface area (Å²) in [6.45, 7) is 0. The minimum Gasteiger partial charge on any atom is -0.354 e. The Morgan fingerprint density at radius 2 is 1.68 bits per heavy atom. The van der Waals surface area contributed by atoms with Crippen LogP contribution in [0.15, 0.2) is 36.0 Å². The van der Waals surface area contributed by atoms with Crippen molar-refractivity contribution in [2.75, 3.05) is 19.0 Å². The van der Waals surface area contributed by atoms with E-state index in [1.807, 2.05) is 37.2 Å². The molecule has 0 unspecified atom stereocenters. The SMILES string of the molecule is CN(C)c1ncc(-c2ccc(C(C#N)=C(C#N)C#N)cc2)s1. The monoisotopic (exact) mass is 305 g/mol. The van der Waals surface area contributed by atoms with Gasteiger partial charge >= 0.3 is 0 Å². The number of anilines is 1. The molecule has 0 atom stereocenters. The zero-order valence-electron chi connectivity index (χ0n) is 12.0. The number of thiazole rings is 1. The summed E-state index contributed by atoms with van der Waals surface area (Å²) >= 11 is 1.56. The normalized spacial score (nSPS) is 9.23. The van der Waals surface area contributed by atoms with E-state index in [0.717, 1.165) is 15.6 Å². The van der Waals surface area contributed by atoms with Crippen molar-refractivity contribution in [2.45, 2.75) is 0 Å². The Morgan fingerprint density at radius 1 is 1.05 bits per heavy atom. The van der Waals surface area contributed by atoms with Crippen LogP contribution in [0.5, 0.6) is 0 Å². The minimum atomic E-state index is -0.178.